The molecular formula is C33H56O6. The fourth-order valence-corrected chi connectivity index (χ4v) is 4.26. The van der Waals surface area contributed by atoms with E-state index in [4.69, 9.17) is 18.9 Å². The minimum atomic E-state index is -1.02. The van der Waals surface area contributed by atoms with Crippen LogP contribution in [0.15, 0.2) is 12.1 Å². The van der Waals surface area contributed by atoms with Crippen molar-refractivity contribution < 1.29 is 28.8 Å². The lowest BCUT2D eigenvalue weighted by atomic mass is 10.1. The average Bonchev–Trinajstić information content (AvgIpc) is 2.92. The Morgan fingerprint density at radius 3 is 1.44 bits per heavy atom. The van der Waals surface area contributed by atoms with E-state index >= 15 is 0 Å². The molecule has 0 bridgehead atoms. The standard InChI is InChI=1S/C33H56O6/c1-5-9-13-17-23-36-29-27-30(37-24-18-14-10-6-2)33(39-26-20-16-12-8-4)32(28(29)21-22-31(34)35)38-25-19-15-11-7-3/h21-22,27H,5-20,23-26H2,1-4H3,(H,34,35). The number of carboxylic acids is 1. The lowest BCUT2D eigenvalue weighted by Gasteiger charge is -2.22. The SMILES string of the molecule is CCCCCCOc1cc(OCCCCCC)c(OCCCCCC)c(OCCCCCC)c1C=CC(=O)O. The summed E-state index contributed by atoms with van der Waals surface area (Å²) in [5, 5.41) is 9.41. The quantitative estimate of drug-likeness (QED) is 0.0917. The minimum absolute atomic E-state index is 0.522. The van der Waals surface area contributed by atoms with Crippen molar-refractivity contribution in [2.45, 2.75) is 130 Å². The highest BCUT2D eigenvalue weighted by molar-refractivity contribution is 5.87. The second-order valence-corrected chi connectivity index (χ2v) is 10.3. The van der Waals surface area contributed by atoms with E-state index < -0.39 is 5.97 Å². The van der Waals surface area contributed by atoms with Crippen LogP contribution in [0.3, 0.4) is 0 Å². The molecule has 1 aromatic carbocycles. The van der Waals surface area contributed by atoms with Gasteiger partial charge in [-0.05, 0) is 31.8 Å². The third kappa shape index (κ3) is 15.7. The Kier molecular flexibility index (Phi) is 20.9. The summed E-state index contributed by atoms with van der Waals surface area (Å²) in [6.45, 7) is 11.0. The summed E-state index contributed by atoms with van der Waals surface area (Å²) < 4.78 is 25.2. The van der Waals surface area contributed by atoms with Gasteiger partial charge in [-0.2, -0.15) is 0 Å². The molecule has 0 aromatic heterocycles. The molecule has 6 heteroatoms. The maximum atomic E-state index is 11.5. The van der Waals surface area contributed by atoms with Gasteiger partial charge in [-0.1, -0.05) is 105 Å². The first-order chi connectivity index (χ1) is 19.1. The van der Waals surface area contributed by atoms with E-state index in [2.05, 4.69) is 27.7 Å². The van der Waals surface area contributed by atoms with E-state index in [1.165, 1.54) is 19.3 Å². The lowest BCUT2D eigenvalue weighted by Crippen LogP contribution is -2.09. The number of carbonyl (C=O) groups is 1. The summed E-state index contributed by atoms with van der Waals surface area (Å²) in [6, 6.07) is 1.87. The zero-order valence-electron chi connectivity index (χ0n) is 25.4. The Morgan fingerprint density at radius 1 is 0.590 bits per heavy atom. The number of aliphatic carboxylic acids is 1. The highest BCUT2D eigenvalue weighted by Gasteiger charge is 2.22. The molecule has 0 unspecified atom stereocenters. The number of hydrogen-bond donors (Lipinski definition) is 1. The summed E-state index contributed by atoms with van der Waals surface area (Å²) in [4.78, 5) is 11.5. The van der Waals surface area contributed by atoms with Crippen LogP contribution in [0, 0.1) is 0 Å². The van der Waals surface area contributed by atoms with Gasteiger partial charge in [0.25, 0.3) is 0 Å². The van der Waals surface area contributed by atoms with Gasteiger partial charge >= 0.3 is 5.97 Å². The van der Waals surface area contributed by atoms with Crippen molar-refractivity contribution in [2.75, 3.05) is 26.4 Å². The molecule has 1 N–H and O–H groups in total. The Morgan fingerprint density at radius 2 is 1.00 bits per heavy atom. The van der Waals surface area contributed by atoms with Crippen molar-refractivity contribution in [3.8, 4) is 23.0 Å². The molecule has 0 saturated heterocycles. The van der Waals surface area contributed by atoms with E-state index in [1.807, 2.05) is 6.07 Å². The summed E-state index contributed by atoms with van der Waals surface area (Å²) in [7, 11) is 0. The Bertz CT molecular complexity index is 789. The molecule has 0 spiro atoms. The van der Waals surface area contributed by atoms with Gasteiger partial charge in [-0.3, -0.25) is 0 Å². The second-order valence-electron chi connectivity index (χ2n) is 10.3. The van der Waals surface area contributed by atoms with Crippen LogP contribution < -0.4 is 18.9 Å². The molecule has 224 valence electrons. The molecule has 0 aliphatic carbocycles. The van der Waals surface area contributed by atoms with E-state index in [0.29, 0.717) is 55.0 Å². The molecule has 0 fully saturated rings. The minimum Gasteiger partial charge on any atom is -0.493 e. The third-order valence-electron chi connectivity index (χ3n) is 6.59. The number of hydrogen-bond acceptors (Lipinski definition) is 5. The van der Waals surface area contributed by atoms with Gasteiger partial charge in [-0.15, -0.1) is 0 Å². The topological polar surface area (TPSA) is 74.2 Å². The van der Waals surface area contributed by atoms with Crippen LogP contribution >= 0.6 is 0 Å². The van der Waals surface area contributed by atoms with Gasteiger partial charge in [0, 0.05) is 12.1 Å². The molecule has 0 radical (unpaired) electrons. The van der Waals surface area contributed by atoms with Crippen LogP contribution in [-0.2, 0) is 4.79 Å². The van der Waals surface area contributed by atoms with Gasteiger partial charge in [0.1, 0.15) is 5.75 Å². The first-order valence-corrected chi connectivity index (χ1v) is 15.7. The van der Waals surface area contributed by atoms with E-state index in [0.717, 1.165) is 89.5 Å². The molecule has 0 atom stereocenters. The van der Waals surface area contributed by atoms with Crippen molar-refractivity contribution in [1.29, 1.82) is 0 Å². The Balaban J connectivity index is 3.39. The fraction of sp³-hybridized carbons (Fsp3) is 0.727. The Labute approximate surface area is 238 Å². The van der Waals surface area contributed by atoms with Crippen LogP contribution in [0.2, 0.25) is 0 Å². The second kappa shape index (κ2) is 23.5. The predicted molar refractivity (Wildman–Crippen MR) is 162 cm³/mol. The number of ether oxygens (including phenoxy) is 4. The van der Waals surface area contributed by atoms with Gasteiger partial charge in [-0.25, -0.2) is 4.79 Å². The van der Waals surface area contributed by atoms with E-state index in [-0.39, 0.29) is 0 Å². The monoisotopic (exact) mass is 548 g/mol. The van der Waals surface area contributed by atoms with E-state index in [9.17, 15) is 9.90 Å². The van der Waals surface area contributed by atoms with Crippen LogP contribution in [0.1, 0.15) is 136 Å². The molecule has 0 aliphatic heterocycles. The third-order valence-corrected chi connectivity index (χ3v) is 6.59. The summed E-state index contributed by atoms with van der Waals surface area (Å²) in [5.74, 6) is 1.25. The van der Waals surface area contributed by atoms with E-state index in [1.54, 1.807) is 6.08 Å². The zero-order valence-corrected chi connectivity index (χ0v) is 25.4. The fourth-order valence-electron chi connectivity index (χ4n) is 4.26. The largest absolute Gasteiger partial charge is 0.493 e. The maximum absolute atomic E-state index is 11.5. The average molecular weight is 549 g/mol. The van der Waals surface area contributed by atoms with Crippen molar-refractivity contribution in [3.05, 3.63) is 17.7 Å². The number of unbranched alkanes of at least 4 members (excludes halogenated alkanes) is 12. The van der Waals surface area contributed by atoms with Crippen LogP contribution in [-0.4, -0.2) is 37.5 Å². The van der Waals surface area contributed by atoms with Gasteiger partial charge in [0.2, 0.25) is 5.75 Å². The first-order valence-electron chi connectivity index (χ1n) is 15.7. The van der Waals surface area contributed by atoms with Crippen LogP contribution in [0.5, 0.6) is 23.0 Å². The molecule has 1 aromatic rings. The van der Waals surface area contributed by atoms with Gasteiger partial charge < -0.3 is 24.1 Å². The molecular weight excluding hydrogens is 492 g/mol. The number of rotatable bonds is 26. The highest BCUT2D eigenvalue weighted by atomic mass is 16.5. The lowest BCUT2D eigenvalue weighted by molar-refractivity contribution is -0.131. The molecule has 0 heterocycles. The van der Waals surface area contributed by atoms with Crippen molar-refractivity contribution in [3.63, 3.8) is 0 Å². The molecule has 0 amide bonds. The maximum Gasteiger partial charge on any atom is 0.328 e. The molecule has 1 rings (SSSR count). The molecule has 0 aliphatic rings. The smallest absolute Gasteiger partial charge is 0.328 e. The normalized spacial score (nSPS) is 11.2. The molecule has 39 heavy (non-hydrogen) atoms. The number of carboxylic acid groups (broad SMARTS) is 1. The van der Waals surface area contributed by atoms with Crippen LogP contribution in [0.4, 0.5) is 0 Å². The zero-order chi connectivity index (χ0) is 28.6. The summed E-state index contributed by atoms with van der Waals surface area (Å²) in [5.41, 5.74) is 0.602. The van der Waals surface area contributed by atoms with Gasteiger partial charge in [0.15, 0.2) is 11.5 Å². The van der Waals surface area contributed by atoms with Crippen molar-refractivity contribution in [1.82, 2.24) is 0 Å². The first kappa shape index (κ1) is 34.7. The van der Waals surface area contributed by atoms with Crippen molar-refractivity contribution >= 4 is 12.0 Å². The van der Waals surface area contributed by atoms with Crippen molar-refractivity contribution in [2.24, 2.45) is 0 Å². The molecule has 0 saturated carbocycles. The Hall–Kier alpha value is -2.37. The molecule has 6 nitrogen and oxygen atoms in total. The van der Waals surface area contributed by atoms with Crippen LogP contribution in [0.25, 0.3) is 6.08 Å². The summed E-state index contributed by atoms with van der Waals surface area (Å²) >= 11 is 0. The summed E-state index contributed by atoms with van der Waals surface area (Å²) in [6.07, 6.45) is 20.2. The predicted octanol–water partition coefficient (Wildman–Crippen LogP) is 9.62. The highest BCUT2D eigenvalue weighted by Crippen LogP contribution is 2.47. The van der Waals surface area contributed by atoms with Gasteiger partial charge in [0.05, 0.1) is 32.0 Å². The number of benzene rings is 1.